The van der Waals surface area contributed by atoms with Crippen molar-refractivity contribution < 1.29 is 15.0 Å². The Bertz CT molecular complexity index is 1180. The van der Waals surface area contributed by atoms with Crippen molar-refractivity contribution in [2.75, 3.05) is 31.1 Å². The number of pyridine rings is 1. The number of urea groups is 1. The largest absolute Gasteiger partial charge is 0.507 e. The number of aromatic hydroxyl groups is 2. The van der Waals surface area contributed by atoms with Gasteiger partial charge in [0.25, 0.3) is 0 Å². The Labute approximate surface area is 189 Å². The summed E-state index contributed by atoms with van der Waals surface area (Å²) in [6.45, 7) is 3.44. The second-order valence-corrected chi connectivity index (χ2v) is 7.93. The molecule has 1 fully saturated rings. The number of hydrogen-bond acceptors (Lipinski definition) is 7. The number of rotatable bonds is 5. The van der Waals surface area contributed by atoms with Crippen molar-refractivity contribution in [2.45, 2.75) is 6.54 Å². The number of phenolic OH excluding ortho intramolecular Hbond substituents is 2. The van der Waals surface area contributed by atoms with Crippen LogP contribution in [-0.2, 0) is 6.54 Å². The number of carbonyl (C=O) groups excluding carboxylic acids is 1. The number of anilines is 1. The number of carbonyl (C=O) groups is 1. The number of benzene rings is 2. The van der Waals surface area contributed by atoms with Crippen molar-refractivity contribution in [3.63, 3.8) is 0 Å². The van der Waals surface area contributed by atoms with Crippen molar-refractivity contribution in [3.05, 3.63) is 58.7 Å². The van der Waals surface area contributed by atoms with Gasteiger partial charge in [0, 0.05) is 60.6 Å². The number of fused-ring (bicyclic) bond motifs is 1. The second kappa shape index (κ2) is 9.29. The monoisotopic (exact) mass is 454 g/mol. The van der Waals surface area contributed by atoms with Crippen molar-refractivity contribution in [1.82, 2.24) is 15.3 Å². The van der Waals surface area contributed by atoms with E-state index in [0.29, 0.717) is 22.7 Å². The smallest absolute Gasteiger partial charge is 0.332 e. The van der Waals surface area contributed by atoms with Crippen LogP contribution in [0.15, 0.2) is 47.7 Å². The van der Waals surface area contributed by atoms with Crippen molar-refractivity contribution in [3.8, 4) is 11.5 Å². The number of hydrazone groups is 1. The summed E-state index contributed by atoms with van der Waals surface area (Å²) in [6.07, 6.45) is 3.07. The van der Waals surface area contributed by atoms with Crippen molar-refractivity contribution in [2.24, 2.45) is 10.8 Å². The number of hydrogen-bond donors (Lipinski definition) is 4. The third-order valence-corrected chi connectivity index (χ3v) is 5.68. The lowest BCUT2D eigenvalue weighted by Crippen LogP contribution is -2.46. The minimum Gasteiger partial charge on any atom is -0.507 e. The minimum absolute atomic E-state index is 0.00180. The van der Waals surface area contributed by atoms with E-state index in [1.165, 1.54) is 18.3 Å². The Balaban J connectivity index is 1.46. The van der Waals surface area contributed by atoms with Crippen LogP contribution in [0.25, 0.3) is 10.9 Å². The lowest BCUT2D eigenvalue weighted by molar-refractivity contribution is 0.243. The summed E-state index contributed by atoms with van der Waals surface area (Å²) in [5.41, 5.74) is 9.80. The first-order valence-electron chi connectivity index (χ1n) is 10.1. The van der Waals surface area contributed by atoms with E-state index >= 15 is 0 Å². The second-order valence-electron chi connectivity index (χ2n) is 7.49. The molecule has 10 heteroatoms. The number of nitrogens with zero attached hydrogens (tertiary/aromatic N) is 4. The summed E-state index contributed by atoms with van der Waals surface area (Å²) < 4.78 is 0. The Morgan fingerprint density at radius 1 is 1.19 bits per heavy atom. The predicted molar refractivity (Wildman–Crippen MR) is 124 cm³/mol. The number of amides is 2. The van der Waals surface area contributed by atoms with E-state index in [1.54, 1.807) is 6.20 Å². The highest BCUT2D eigenvalue weighted by Crippen LogP contribution is 2.32. The summed E-state index contributed by atoms with van der Waals surface area (Å²) >= 11 is 6.10. The van der Waals surface area contributed by atoms with E-state index in [4.69, 9.17) is 17.3 Å². The first-order chi connectivity index (χ1) is 15.4. The molecule has 2 aromatic carbocycles. The average molecular weight is 455 g/mol. The summed E-state index contributed by atoms with van der Waals surface area (Å²) in [6, 6.07) is 9.92. The Morgan fingerprint density at radius 2 is 1.97 bits per heavy atom. The molecule has 2 amide bonds. The van der Waals surface area contributed by atoms with Gasteiger partial charge in [0.05, 0.1) is 17.3 Å². The van der Waals surface area contributed by atoms with Gasteiger partial charge >= 0.3 is 6.03 Å². The van der Waals surface area contributed by atoms with E-state index < -0.39 is 6.03 Å². The maximum absolute atomic E-state index is 10.7. The standard InChI is InChI=1S/C22H23ClN6O3/c23-15-2-3-16-18(11-15)25-6-5-19(16)29-9-7-28(8-10-29)13-17-20(30)4-1-14(21(17)31)12-26-27-22(24)32/h1-6,11-12,30-31H,7-10,13H2,(H3,24,27,32)/b26-12+. The SMILES string of the molecule is NC(=O)N/N=C/c1ccc(O)c(CN2CCN(c3ccnc4cc(Cl)ccc34)CC2)c1O. The zero-order chi connectivity index (χ0) is 22.7. The molecule has 2 heterocycles. The third-order valence-electron chi connectivity index (χ3n) is 5.44. The van der Waals surface area contributed by atoms with Gasteiger partial charge < -0.3 is 20.8 Å². The van der Waals surface area contributed by atoms with Crippen molar-refractivity contribution in [1.29, 1.82) is 0 Å². The Hall–Kier alpha value is -3.56. The van der Waals surface area contributed by atoms with Crippen LogP contribution in [-0.4, -0.2) is 58.5 Å². The molecule has 0 unspecified atom stereocenters. The van der Waals surface area contributed by atoms with Crippen molar-refractivity contribution >= 4 is 40.4 Å². The molecule has 1 aliphatic rings. The van der Waals surface area contributed by atoms with Crippen LogP contribution in [0.5, 0.6) is 11.5 Å². The Morgan fingerprint density at radius 3 is 2.72 bits per heavy atom. The molecule has 1 saturated heterocycles. The molecule has 1 aliphatic heterocycles. The number of halogens is 1. The number of phenols is 2. The third kappa shape index (κ3) is 4.68. The molecule has 166 valence electrons. The average Bonchev–Trinajstić information content (AvgIpc) is 2.78. The number of nitrogens with two attached hydrogens (primary N) is 1. The van der Waals surface area contributed by atoms with Gasteiger partial charge in [-0.2, -0.15) is 5.10 Å². The van der Waals surface area contributed by atoms with Gasteiger partial charge in [-0.05, 0) is 36.4 Å². The lowest BCUT2D eigenvalue weighted by Gasteiger charge is -2.36. The zero-order valence-electron chi connectivity index (χ0n) is 17.2. The minimum atomic E-state index is -0.803. The van der Waals surface area contributed by atoms with Crippen LogP contribution in [0.1, 0.15) is 11.1 Å². The molecule has 0 saturated carbocycles. The summed E-state index contributed by atoms with van der Waals surface area (Å²) in [5.74, 6) is -0.0820. The van der Waals surface area contributed by atoms with E-state index in [0.717, 1.165) is 42.8 Å². The van der Waals surface area contributed by atoms with Crippen LogP contribution in [0.3, 0.4) is 0 Å². The van der Waals surface area contributed by atoms with Crippen LogP contribution in [0, 0.1) is 0 Å². The van der Waals surface area contributed by atoms with Gasteiger partial charge in [0.15, 0.2) is 0 Å². The molecular formula is C22H23ClN6O3. The predicted octanol–water partition coefficient (Wildman–Crippen LogP) is 2.62. The van der Waals surface area contributed by atoms with Crippen LogP contribution in [0.2, 0.25) is 5.02 Å². The molecule has 1 aromatic heterocycles. The molecular weight excluding hydrogens is 432 g/mol. The van der Waals surface area contributed by atoms with Gasteiger partial charge in [-0.25, -0.2) is 10.2 Å². The lowest BCUT2D eigenvalue weighted by atomic mass is 10.1. The number of primary amides is 1. The number of nitrogens with one attached hydrogen (secondary N) is 1. The highest BCUT2D eigenvalue weighted by Gasteiger charge is 2.22. The number of piperazine rings is 1. The zero-order valence-corrected chi connectivity index (χ0v) is 18.0. The molecule has 0 spiro atoms. The first kappa shape index (κ1) is 21.7. The van der Waals surface area contributed by atoms with Gasteiger partial charge in [-0.1, -0.05) is 11.6 Å². The molecule has 0 atom stereocenters. The Kier molecular flexibility index (Phi) is 6.29. The molecule has 3 aromatic rings. The molecule has 9 nitrogen and oxygen atoms in total. The van der Waals surface area contributed by atoms with E-state index in [1.807, 2.05) is 24.3 Å². The van der Waals surface area contributed by atoms with Gasteiger partial charge in [-0.3, -0.25) is 9.88 Å². The van der Waals surface area contributed by atoms with Gasteiger partial charge in [-0.15, -0.1) is 0 Å². The topological polar surface area (TPSA) is 127 Å². The van der Waals surface area contributed by atoms with Crippen LogP contribution >= 0.6 is 11.6 Å². The molecule has 0 bridgehead atoms. The van der Waals surface area contributed by atoms with E-state index in [-0.39, 0.29) is 11.5 Å². The quantitative estimate of drug-likeness (QED) is 0.346. The number of aromatic nitrogens is 1. The summed E-state index contributed by atoms with van der Waals surface area (Å²) in [5, 5.41) is 26.2. The van der Waals surface area contributed by atoms with Gasteiger partial charge in [0.1, 0.15) is 11.5 Å². The molecule has 5 N–H and O–H groups in total. The fourth-order valence-electron chi connectivity index (χ4n) is 3.82. The fourth-order valence-corrected chi connectivity index (χ4v) is 3.99. The van der Waals surface area contributed by atoms with E-state index in [9.17, 15) is 15.0 Å². The summed E-state index contributed by atoms with van der Waals surface area (Å²) in [4.78, 5) is 19.6. The molecule has 0 radical (unpaired) electrons. The van der Waals surface area contributed by atoms with E-state index in [2.05, 4.69) is 25.3 Å². The molecule has 0 aliphatic carbocycles. The summed E-state index contributed by atoms with van der Waals surface area (Å²) in [7, 11) is 0. The molecule has 32 heavy (non-hydrogen) atoms. The highest BCUT2D eigenvalue weighted by molar-refractivity contribution is 6.31. The normalized spacial score (nSPS) is 14.8. The van der Waals surface area contributed by atoms with Gasteiger partial charge in [0.2, 0.25) is 0 Å². The fraction of sp³-hybridized carbons (Fsp3) is 0.227. The maximum atomic E-state index is 10.7. The van der Waals surface area contributed by atoms with Crippen LogP contribution < -0.4 is 16.1 Å². The maximum Gasteiger partial charge on any atom is 0.332 e. The van der Waals surface area contributed by atoms with Crippen LogP contribution in [0.4, 0.5) is 10.5 Å². The first-order valence-corrected chi connectivity index (χ1v) is 10.4. The highest BCUT2D eigenvalue weighted by atomic mass is 35.5. The molecule has 4 rings (SSSR count).